The summed E-state index contributed by atoms with van der Waals surface area (Å²) in [4.78, 5) is 1.15. The molecule has 1 fully saturated rings. The zero-order valence-corrected chi connectivity index (χ0v) is 11.1. The molecule has 0 bridgehead atoms. The Bertz CT molecular complexity index is 506. The molecule has 8 heteroatoms. The molecule has 118 valence electrons. The highest BCUT2D eigenvalue weighted by atomic mass is 19.3. The van der Waals surface area contributed by atoms with Gasteiger partial charge in [-0.25, -0.2) is 22.0 Å². The molecule has 0 saturated carbocycles. The Labute approximate surface area is 118 Å². The molecule has 3 nitrogen and oxygen atoms in total. The van der Waals surface area contributed by atoms with Crippen LogP contribution in [0.15, 0.2) is 12.1 Å². The fourth-order valence-corrected chi connectivity index (χ4v) is 2.48. The van der Waals surface area contributed by atoms with Gasteiger partial charge in [0.15, 0.2) is 11.6 Å². The summed E-state index contributed by atoms with van der Waals surface area (Å²) < 4.78 is 69.0. The van der Waals surface area contributed by atoms with Gasteiger partial charge in [-0.05, 0) is 12.1 Å². The summed E-state index contributed by atoms with van der Waals surface area (Å²) in [5, 5.41) is 11.8. The van der Waals surface area contributed by atoms with Crippen molar-refractivity contribution in [3.8, 4) is 0 Å². The number of benzene rings is 1. The molecule has 1 heterocycles. The zero-order valence-electron chi connectivity index (χ0n) is 11.1. The minimum absolute atomic E-state index is 0.107. The van der Waals surface area contributed by atoms with E-state index in [2.05, 4.69) is 5.32 Å². The quantitative estimate of drug-likeness (QED) is 0.656. The molecule has 21 heavy (non-hydrogen) atoms. The van der Waals surface area contributed by atoms with E-state index in [-0.39, 0.29) is 13.1 Å². The predicted octanol–water partition coefficient (Wildman–Crippen LogP) is 1.68. The lowest BCUT2D eigenvalue weighted by Gasteiger charge is -2.38. The Morgan fingerprint density at radius 2 is 1.71 bits per heavy atom. The normalized spacial score (nSPS) is 18.8. The number of nitrogens with one attached hydrogen (secondary N) is 1. The van der Waals surface area contributed by atoms with Crippen molar-refractivity contribution >= 4 is 0 Å². The fraction of sp³-hybridized carbons (Fsp3) is 0.538. The standard InChI is InChI=1S/C13H15F5N2O/c14-8-1-2-9(15)11(16)10(8)12(13(17,18)7-21)20-5-3-19-4-6-20/h1-2,12,19,21H,3-7H2/t12-/m0/s1. The van der Waals surface area contributed by atoms with Crippen molar-refractivity contribution in [2.24, 2.45) is 0 Å². The number of aliphatic hydroxyl groups is 1. The predicted molar refractivity (Wildman–Crippen MR) is 65.5 cm³/mol. The van der Waals surface area contributed by atoms with Crippen LogP contribution in [-0.2, 0) is 0 Å². The first-order valence-corrected chi connectivity index (χ1v) is 6.45. The first-order chi connectivity index (χ1) is 9.88. The van der Waals surface area contributed by atoms with Crippen LogP contribution in [0.2, 0.25) is 0 Å². The highest BCUT2D eigenvalue weighted by Crippen LogP contribution is 2.39. The van der Waals surface area contributed by atoms with Gasteiger partial charge in [-0.15, -0.1) is 0 Å². The van der Waals surface area contributed by atoms with Crippen molar-refractivity contribution in [3.05, 3.63) is 35.1 Å². The Hall–Kier alpha value is -1.25. The van der Waals surface area contributed by atoms with E-state index in [1.54, 1.807) is 0 Å². The number of hydrogen-bond acceptors (Lipinski definition) is 3. The average Bonchev–Trinajstić information content (AvgIpc) is 2.48. The second-order valence-electron chi connectivity index (χ2n) is 4.86. The molecule has 0 spiro atoms. The zero-order chi connectivity index (χ0) is 15.6. The van der Waals surface area contributed by atoms with Gasteiger partial charge in [0.1, 0.15) is 18.5 Å². The van der Waals surface area contributed by atoms with E-state index in [1.165, 1.54) is 0 Å². The number of aliphatic hydroxyl groups excluding tert-OH is 1. The van der Waals surface area contributed by atoms with Crippen LogP contribution in [0, 0.1) is 17.5 Å². The van der Waals surface area contributed by atoms with Gasteiger partial charge in [-0.3, -0.25) is 4.90 Å². The maximum atomic E-state index is 14.0. The van der Waals surface area contributed by atoms with Crippen LogP contribution < -0.4 is 5.32 Å². The largest absolute Gasteiger partial charge is 0.390 e. The fourth-order valence-electron chi connectivity index (χ4n) is 2.48. The summed E-state index contributed by atoms with van der Waals surface area (Å²) in [7, 11) is 0. The summed E-state index contributed by atoms with van der Waals surface area (Å²) in [5.41, 5.74) is -1.05. The Kier molecular flexibility index (Phi) is 4.80. The smallest absolute Gasteiger partial charge is 0.290 e. The maximum Gasteiger partial charge on any atom is 0.290 e. The Morgan fingerprint density at radius 3 is 2.29 bits per heavy atom. The van der Waals surface area contributed by atoms with E-state index >= 15 is 0 Å². The molecule has 1 aromatic rings. The molecule has 1 aromatic carbocycles. The molecule has 0 unspecified atom stereocenters. The summed E-state index contributed by atoms with van der Waals surface area (Å²) in [5.74, 6) is -8.11. The number of halogens is 5. The number of hydrogen-bond donors (Lipinski definition) is 2. The van der Waals surface area contributed by atoms with Crippen molar-refractivity contribution in [3.63, 3.8) is 0 Å². The van der Waals surface area contributed by atoms with E-state index in [0.29, 0.717) is 25.2 Å². The molecule has 0 amide bonds. The third-order valence-electron chi connectivity index (χ3n) is 3.48. The highest BCUT2D eigenvalue weighted by molar-refractivity contribution is 5.27. The topological polar surface area (TPSA) is 35.5 Å². The molecule has 0 aromatic heterocycles. The molecular formula is C13H15F5N2O. The van der Waals surface area contributed by atoms with E-state index in [0.717, 1.165) is 4.90 Å². The van der Waals surface area contributed by atoms with Crippen LogP contribution >= 0.6 is 0 Å². The number of piperazine rings is 1. The van der Waals surface area contributed by atoms with E-state index in [4.69, 9.17) is 5.11 Å². The van der Waals surface area contributed by atoms with Crippen LogP contribution in [0.5, 0.6) is 0 Å². The molecule has 1 saturated heterocycles. The van der Waals surface area contributed by atoms with Gasteiger partial charge in [0.05, 0.1) is 0 Å². The molecule has 0 aliphatic carbocycles. The van der Waals surface area contributed by atoms with Crippen molar-refractivity contribution in [2.45, 2.75) is 12.0 Å². The molecule has 1 aliphatic heterocycles. The monoisotopic (exact) mass is 310 g/mol. The summed E-state index contributed by atoms with van der Waals surface area (Å²) >= 11 is 0. The summed E-state index contributed by atoms with van der Waals surface area (Å²) in [6.45, 7) is -0.657. The van der Waals surface area contributed by atoms with Crippen LogP contribution in [0.3, 0.4) is 0 Å². The van der Waals surface area contributed by atoms with Gasteiger partial charge in [-0.2, -0.15) is 0 Å². The van der Waals surface area contributed by atoms with Gasteiger partial charge < -0.3 is 10.4 Å². The summed E-state index contributed by atoms with van der Waals surface area (Å²) in [6, 6.07) is -0.906. The lowest BCUT2D eigenvalue weighted by atomic mass is 9.97. The van der Waals surface area contributed by atoms with E-state index in [1.807, 2.05) is 0 Å². The second kappa shape index (κ2) is 6.25. The van der Waals surface area contributed by atoms with Crippen molar-refractivity contribution in [1.82, 2.24) is 10.2 Å². The lowest BCUT2D eigenvalue weighted by Crippen LogP contribution is -2.51. The first kappa shape index (κ1) is 16.1. The van der Waals surface area contributed by atoms with Crippen molar-refractivity contribution < 1.29 is 27.1 Å². The Balaban J connectivity index is 2.52. The van der Waals surface area contributed by atoms with Crippen LogP contribution in [0.4, 0.5) is 22.0 Å². The maximum absolute atomic E-state index is 14.0. The minimum atomic E-state index is -3.80. The van der Waals surface area contributed by atoms with Gasteiger partial charge in [0, 0.05) is 31.7 Å². The van der Waals surface area contributed by atoms with Crippen molar-refractivity contribution in [1.29, 1.82) is 0 Å². The Morgan fingerprint density at radius 1 is 1.14 bits per heavy atom. The third-order valence-corrected chi connectivity index (χ3v) is 3.48. The average molecular weight is 310 g/mol. The number of alkyl halides is 2. The minimum Gasteiger partial charge on any atom is -0.390 e. The lowest BCUT2D eigenvalue weighted by molar-refractivity contribution is -0.120. The van der Waals surface area contributed by atoms with Crippen LogP contribution in [-0.4, -0.2) is 48.7 Å². The van der Waals surface area contributed by atoms with E-state index < -0.39 is 41.6 Å². The van der Waals surface area contributed by atoms with E-state index in [9.17, 15) is 22.0 Å². The second-order valence-corrected chi connectivity index (χ2v) is 4.86. The van der Waals surface area contributed by atoms with Crippen molar-refractivity contribution in [2.75, 3.05) is 32.8 Å². The van der Waals surface area contributed by atoms with Crippen LogP contribution in [0.25, 0.3) is 0 Å². The van der Waals surface area contributed by atoms with Gasteiger partial charge in [0.25, 0.3) is 5.92 Å². The highest BCUT2D eigenvalue weighted by Gasteiger charge is 2.47. The summed E-state index contributed by atoms with van der Waals surface area (Å²) in [6.07, 6.45) is 0. The van der Waals surface area contributed by atoms with Crippen LogP contribution in [0.1, 0.15) is 11.6 Å². The first-order valence-electron chi connectivity index (χ1n) is 6.45. The number of nitrogens with zero attached hydrogens (tertiary/aromatic N) is 1. The van der Waals surface area contributed by atoms with Gasteiger partial charge >= 0.3 is 0 Å². The van der Waals surface area contributed by atoms with Gasteiger partial charge in [0.2, 0.25) is 0 Å². The molecule has 1 aliphatic rings. The molecular weight excluding hydrogens is 295 g/mol. The number of rotatable bonds is 4. The SMILES string of the molecule is OCC(F)(F)[C@H](c1c(F)ccc(F)c1F)N1CCNCC1. The van der Waals surface area contributed by atoms with Gasteiger partial charge in [-0.1, -0.05) is 0 Å². The molecule has 2 rings (SSSR count). The molecule has 0 radical (unpaired) electrons. The molecule has 1 atom stereocenters. The third kappa shape index (κ3) is 3.17. The molecule has 2 N–H and O–H groups in total.